The zero-order valence-corrected chi connectivity index (χ0v) is 12.5. The SMILES string of the molecule is C[N-]C(C)CN(C)CCN(C)C.[Y]. The van der Waals surface area contributed by atoms with E-state index in [4.69, 9.17) is 0 Å². The Labute approximate surface area is 108 Å². The standard InChI is InChI=1S/C9H22N3.Y/c1-9(10-2)8-12(5)7-6-11(3)4;/h9H,6-8H2,1-5H3;/q-1;. The largest absolute Gasteiger partial charge is 0.661 e. The van der Waals surface area contributed by atoms with E-state index in [1.807, 2.05) is 7.05 Å². The molecule has 77 valence electrons. The minimum atomic E-state index is 0. The zero-order valence-electron chi connectivity index (χ0n) is 9.62. The molecule has 1 atom stereocenters. The molecule has 0 aliphatic carbocycles. The molecule has 0 rings (SSSR count). The molecule has 0 fully saturated rings. The molecule has 3 nitrogen and oxygen atoms in total. The third kappa shape index (κ3) is 10.9. The second-order valence-electron chi connectivity index (χ2n) is 3.67. The molecule has 4 heteroatoms. The Morgan fingerprint density at radius 1 is 1.15 bits per heavy atom. The first-order valence-corrected chi connectivity index (χ1v) is 4.48. The van der Waals surface area contributed by atoms with Gasteiger partial charge in [-0.25, -0.2) is 0 Å². The van der Waals surface area contributed by atoms with Gasteiger partial charge in [0, 0.05) is 45.8 Å². The summed E-state index contributed by atoms with van der Waals surface area (Å²) in [5.74, 6) is 0. The Hall–Kier alpha value is 0.984. The second kappa shape index (κ2) is 9.54. The summed E-state index contributed by atoms with van der Waals surface area (Å²) in [6.07, 6.45) is 0. The van der Waals surface area contributed by atoms with E-state index < -0.39 is 0 Å². The maximum absolute atomic E-state index is 4.20. The summed E-state index contributed by atoms with van der Waals surface area (Å²) in [6.45, 7) is 5.44. The first kappa shape index (κ1) is 16.4. The van der Waals surface area contributed by atoms with Crippen LogP contribution >= 0.6 is 0 Å². The van der Waals surface area contributed by atoms with Gasteiger partial charge in [-0.3, -0.25) is 0 Å². The summed E-state index contributed by atoms with van der Waals surface area (Å²) in [4.78, 5) is 4.52. The molecule has 0 aromatic rings. The fourth-order valence-electron chi connectivity index (χ4n) is 0.995. The van der Waals surface area contributed by atoms with E-state index >= 15 is 0 Å². The number of hydrogen-bond acceptors (Lipinski definition) is 2. The molecule has 0 aliphatic heterocycles. The maximum Gasteiger partial charge on any atom is 0.0105 e. The van der Waals surface area contributed by atoms with Crippen LogP contribution in [0.5, 0.6) is 0 Å². The third-order valence-electron chi connectivity index (χ3n) is 1.95. The van der Waals surface area contributed by atoms with Crippen molar-refractivity contribution >= 4 is 0 Å². The van der Waals surface area contributed by atoms with E-state index in [2.05, 4.69) is 43.2 Å². The Morgan fingerprint density at radius 3 is 2.08 bits per heavy atom. The minimum absolute atomic E-state index is 0. The van der Waals surface area contributed by atoms with E-state index in [-0.39, 0.29) is 32.7 Å². The van der Waals surface area contributed by atoms with E-state index in [9.17, 15) is 0 Å². The molecule has 1 radical (unpaired) electrons. The topological polar surface area (TPSA) is 20.6 Å². The molecule has 0 bridgehead atoms. The van der Waals surface area contributed by atoms with Crippen LogP contribution in [0.2, 0.25) is 0 Å². The molecule has 0 heterocycles. The van der Waals surface area contributed by atoms with Crippen molar-refractivity contribution in [2.24, 2.45) is 0 Å². The van der Waals surface area contributed by atoms with Gasteiger partial charge in [0.05, 0.1) is 0 Å². The predicted octanol–water partition coefficient (Wildman–Crippen LogP) is 0.869. The van der Waals surface area contributed by atoms with Crippen LogP contribution in [0, 0.1) is 0 Å². The van der Waals surface area contributed by atoms with E-state index in [0.29, 0.717) is 6.04 Å². The van der Waals surface area contributed by atoms with Crippen molar-refractivity contribution in [3.63, 3.8) is 0 Å². The quantitative estimate of drug-likeness (QED) is 0.707. The predicted molar refractivity (Wildman–Crippen MR) is 54.8 cm³/mol. The summed E-state index contributed by atoms with van der Waals surface area (Å²) in [5.41, 5.74) is 0. The first-order valence-electron chi connectivity index (χ1n) is 4.48. The van der Waals surface area contributed by atoms with Crippen LogP contribution in [0.25, 0.3) is 5.32 Å². The van der Waals surface area contributed by atoms with E-state index in [0.717, 1.165) is 19.6 Å². The molecular formula is C9H22N3Y-. The molecule has 1 unspecified atom stereocenters. The van der Waals surface area contributed by atoms with Gasteiger partial charge < -0.3 is 15.1 Å². The molecule has 0 saturated carbocycles. The van der Waals surface area contributed by atoms with E-state index in [1.54, 1.807) is 0 Å². The number of likely N-dealkylation sites (N-methyl/N-ethyl adjacent to an activating group) is 3. The van der Waals surface area contributed by atoms with Gasteiger partial charge in [0.1, 0.15) is 0 Å². The van der Waals surface area contributed by atoms with Gasteiger partial charge >= 0.3 is 0 Å². The van der Waals surface area contributed by atoms with Crippen LogP contribution in [-0.2, 0) is 32.7 Å². The van der Waals surface area contributed by atoms with Crippen molar-refractivity contribution in [3.8, 4) is 0 Å². The van der Waals surface area contributed by atoms with Gasteiger partial charge in [-0.2, -0.15) is 7.05 Å². The van der Waals surface area contributed by atoms with Gasteiger partial charge in [-0.05, 0) is 27.7 Å². The second-order valence-corrected chi connectivity index (χ2v) is 3.67. The fraction of sp³-hybridized carbons (Fsp3) is 1.00. The number of hydrogen-bond donors (Lipinski definition) is 0. The summed E-state index contributed by atoms with van der Waals surface area (Å²) in [5, 5.41) is 4.20. The average Bonchev–Trinajstić information content (AvgIpc) is 2.00. The van der Waals surface area contributed by atoms with Crippen molar-refractivity contribution in [1.29, 1.82) is 0 Å². The fourth-order valence-corrected chi connectivity index (χ4v) is 0.995. The third-order valence-corrected chi connectivity index (χ3v) is 1.95. The van der Waals surface area contributed by atoms with Crippen LogP contribution < -0.4 is 0 Å². The Morgan fingerprint density at radius 2 is 1.69 bits per heavy atom. The van der Waals surface area contributed by atoms with Crippen LogP contribution in [-0.4, -0.2) is 63.7 Å². The molecule has 0 aromatic carbocycles. The Balaban J connectivity index is 0. The molecule has 0 aromatic heterocycles. The first-order chi connectivity index (χ1) is 5.56. The van der Waals surface area contributed by atoms with Gasteiger partial charge in [-0.15, -0.1) is 6.04 Å². The molecule has 0 spiro atoms. The molecule has 0 amide bonds. The van der Waals surface area contributed by atoms with Gasteiger partial charge in [0.15, 0.2) is 0 Å². The van der Waals surface area contributed by atoms with Crippen molar-refractivity contribution in [3.05, 3.63) is 5.32 Å². The van der Waals surface area contributed by atoms with Crippen LogP contribution in [0.3, 0.4) is 0 Å². The monoisotopic (exact) mass is 261 g/mol. The zero-order chi connectivity index (χ0) is 9.56. The minimum Gasteiger partial charge on any atom is -0.661 e. The summed E-state index contributed by atoms with van der Waals surface area (Å²) in [7, 11) is 8.22. The Bertz CT molecular complexity index is 109. The average molecular weight is 261 g/mol. The smallest absolute Gasteiger partial charge is 0.0105 e. The summed E-state index contributed by atoms with van der Waals surface area (Å²) < 4.78 is 0. The number of rotatable bonds is 6. The van der Waals surface area contributed by atoms with Gasteiger partial charge in [0.2, 0.25) is 0 Å². The van der Waals surface area contributed by atoms with Crippen LogP contribution in [0.15, 0.2) is 0 Å². The normalized spacial score (nSPS) is 13.2. The summed E-state index contributed by atoms with van der Waals surface area (Å²) >= 11 is 0. The number of nitrogens with zero attached hydrogens (tertiary/aromatic N) is 3. The molecule has 0 aliphatic rings. The molecule has 0 N–H and O–H groups in total. The maximum atomic E-state index is 4.20. The van der Waals surface area contributed by atoms with Gasteiger partial charge in [0.25, 0.3) is 0 Å². The van der Waals surface area contributed by atoms with Crippen molar-refractivity contribution in [1.82, 2.24) is 9.80 Å². The van der Waals surface area contributed by atoms with Crippen molar-refractivity contribution in [2.75, 3.05) is 47.8 Å². The van der Waals surface area contributed by atoms with Crippen LogP contribution in [0.1, 0.15) is 6.92 Å². The Kier molecular flexibility index (Phi) is 12.0. The van der Waals surface area contributed by atoms with Crippen molar-refractivity contribution < 1.29 is 32.7 Å². The molecule has 0 saturated heterocycles. The molecule has 13 heavy (non-hydrogen) atoms. The van der Waals surface area contributed by atoms with Crippen molar-refractivity contribution in [2.45, 2.75) is 13.0 Å². The van der Waals surface area contributed by atoms with Gasteiger partial charge in [-0.1, -0.05) is 6.92 Å². The summed E-state index contributed by atoms with van der Waals surface area (Å²) in [6, 6.07) is 0.456. The molecular weight excluding hydrogens is 239 g/mol. The van der Waals surface area contributed by atoms with E-state index in [1.165, 1.54) is 0 Å². The van der Waals surface area contributed by atoms with Crippen LogP contribution in [0.4, 0.5) is 0 Å².